The van der Waals surface area contributed by atoms with Gasteiger partial charge in [0.1, 0.15) is 12.4 Å². The Balaban J connectivity index is 1.41. The number of hydrogen-bond acceptors (Lipinski definition) is 4. The normalized spacial score (nSPS) is 12.4. The zero-order valence-corrected chi connectivity index (χ0v) is 13.5. The van der Waals surface area contributed by atoms with Gasteiger partial charge in [0, 0.05) is 6.08 Å². The highest BCUT2D eigenvalue weighted by molar-refractivity contribution is 5.91. The van der Waals surface area contributed by atoms with Crippen molar-refractivity contribution in [1.82, 2.24) is 5.32 Å². The van der Waals surface area contributed by atoms with Gasteiger partial charge in [0.25, 0.3) is 0 Å². The third-order valence-corrected chi connectivity index (χ3v) is 3.51. The summed E-state index contributed by atoms with van der Waals surface area (Å²) in [5.74, 6) is 2.06. The zero-order chi connectivity index (χ0) is 16.8. The van der Waals surface area contributed by atoms with Gasteiger partial charge in [-0.2, -0.15) is 0 Å². The quantitative estimate of drug-likeness (QED) is 0.655. The minimum absolute atomic E-state index is 0.167. The Bertz CT molecular complexity index is 738. The van der Waals surface area contributed by atoms with Crippen LogP contribution in [-0.4, -0.2) is 25.9 Å². The van der Waals surface area contributed by atoms with Gasteiger partial charge in [-0.3, -0.25) is 4.79 Å². The van der Waals surface area contributed by atoms with Crippen LogP contribution in [0.25, 0.3) is 6.08 Å². The fraction of sp³-hybridized carbons (Fsp3) is 0.211. The van der Waals surface area contributed by atoms with Crippen molar-refractivity contribution in [1.29, 1.82) is 0 Å². The molecule has 0 spiro atoms. The Hall–Kier alpha value is -2.95. The Morgan fingerprint density at radius 1 is 1.17 bits per heavy atom. The van der Waals surface area contributed by atoms with Crippen LogP contribution in [0, 0.1) is 6.92 Å². The van der Waals surface area contributed by atoms with Crippen LogP contribution in [0.2, 0.25) is 0 Å². The summed E-state index contributed by atoms with van der Waals surface area (Å²) in [7, 11) is 0. The fourth-order valence-corrected chi connectivity index (χ4v) is 2.23. The van der Waals surface area contributed by atoms with E-state index in [1.165, 1.54) is 11.6 Å². The molecule has 0 fully saturated rings. The number of carbonyl (C=O) groups excluding carboxylic acids is 1. The number of rotatable bonds is 6. The summed E-state index contributed by atoms with van der Waals surface area (Å²) in [6.07, 6.45) is 3.22. The molecule has 1 heterocycles. The van der Waals surface area contributed by atoms with Crippen molar-refractivity contribution in [3.05, 3.63) is 59.7 Å². The summed E-state index contributed by atoms with van der Waals surface area (Å²) < 4.78 is 16.1. The van der Waals surface area contributed by atoms with Crippen LogP contribution in [0.3, 0.4) is 0 Å². The van der Waals surface area contributed by atoms with Crippen LogP contribution in [0.4, 0.5) is 0 Å². The molecule has 5 nitrogen and oxygen atoms in total. The minimum Gasteiger partial charge on any atom is -0.492 e. The molecule has 1 aliphatic rings. The first kappa shape index (κ1) is 15.9. The standard InChI is InChI=1S/C19H19NO4/c1-14-2-6-16(7-3-14)22-11-10-20-19(21)9-5-15-4-8-17-18(12-15)24-13-23-17/h2-9,12H,10-11,13H2,1H3,(H,20,21)/b9-5+. The van der Waals surface area contributed by atoms with E-state index in [-0.39, 0.29) is 12.7 Å². The van der Waals surface area contributed by atoms with Crippen LogP contribution >= 0.6 is 0 Å². The molecule has 24 heavy (non-hydrogen) atoms. The second kappa shape index (κ2) is 7.55. The van der Waals surface area contributed by atoms with Gasteiger partial charge in [0.2, 0.25) is 12.7 Å². The summed E-state index contributed by atoms with van der Waals surface area (Å²) >= 11 is 0. The van der Waals surface area contributed by atoms with Crippen molar-refractivity contribution in [3.8, 4) is 17.2 Å². The van der Waals surface area contributed by atoms with E-state index in [9.17, 15) is 4.79 Å². The smallest absolute Gasteiger partial charge is 0.244 e. The van der Waals surface area contributed by atoms with Crippen LogP contribution in [0.1, 0.15) is 11.1 Å². The molecule has 1 aliphatic heterocycles. The number of ether oxygens (including phenoxy) is 3. The van der Waals surface area contributed by atoms with E-state index in [0.717, 1.165) is 17.1 Å². The van der Waals surface area contributed by atoms with Gasteiger partial charge in [0.15, 0.2) is 11.5 Å². The first-order chi connectivity index (χ1) is 11.7. The first-order valence-corrected chi connectivity index (χ1v) is 7.76. The van der Waals surface area contributed by atoms with Crippen LogP contribution in [0.5, 0.6) is 17.2 Å². The maximum absolute atomic E-state index is 11.8. The van der Waals surface area contributed by atoms with E-state index in [0.29, 0.717) is 18.9 Å². The Morgan fingerprint density at radius 3 is 2.79 bits per heavy atom. The SMILES string of the molecule is Cc1ccc(OCCNC(=O)/C=C/c2ccc3c(c2)OCO3)cc1. The van der Waals surface area contributed by atoms with Gasteiger partial charge in [-0.15, -0.1) is 0 Å². The number of nitrogens with one attached hydrogen (secondary N) is 1. The predicted molar refractivity (Wildman–Crippen MR) is 91.3 cm³/mol. The number of fused-ring (bicyclic) bond motifs is 1. The zero-order valence-electron chi connectivity index (χ0n) is 13.5. The lowest BCUT2D eigenvalue weighted by atomic mass is 10.2. The Morgan fingerprint density at radius 2 is 1.96 bits per heavy atom. The summed E-state index contributed by atoms with van der Waals surface area (Å²) in [6, 6.07) is 13.3. The van der Waals surface area contributed by atoms with E-state index in [4.69, 9.17) is 14.2 Å². The third-order valence-electron chi connectivity index (χ3n) is 3.51. The number of amides is 1. The molecule has 0 radical (unpaired) electrons. The predicted octanol–water partition coefficient (Wildman–Crippen LogP) is 2.93. The van der Waals surface area contributed by atoms with Crippen molar-refractivity contribution in [2.75, 3.05) is 19.9 Å². The number of hydrogen-bond donors (Lipinski definition) is 1. The Kier molecular flexibility index (Phi) is 5.01. The lowest BCUT2D eigenvalue weighted by Crippen LogP contribution is -2.26. The molecule has 0 aromatic heterocycles. The highest BCUT2D eigenvalue weighted by atomic mass is 16.7. The fourth-order valence-electron chi connectivity index (χ4n) is 2.23. The topological polar surface area (TPSA) is 56.8 Å². The van der Waals surface area contributed by atoms with Crippen molar-refractivity contribution in [3.63, 3.8) is 0 Å². The molecule has 3 rings (SSSR count). The highest BCUT2D eigenvalue weighted by Gasteiger charge is 2.12. The lowest BCUT2D eigenvalue weighted by Gasteiger charge is -2.06. The Labute approximate surface area is 140 Å². The molecular weight excluding hydrogens is 306 g/mol. The molecule has 0 aliphatic carbocycles. The molecule has 124 valence electrons. The highest BCUT2D eigenvalue weighted by Crippen LogP contribution is 2.32. The van der Waals surface area contributed by atoms with E-state index < -0.39 is 0 Å². The van der Waals surface area contributed by atoms with Gasteiger partial charge in [-0.05, 0) is 42.8 Å². The van der Waals surface area contributed by atoms with Crippen molar-refractivity contribution < 1.29 is 19.0 Å². The van der Waals surface area contributed by atoms with Crippen LogP contribution < -0.4 is 19.5 Å². The summed E-state index contributed by atoms with van der Waals surface area (Å²) in [5.41, 5.74) is 2.06. The van der Waals surface area contributed by atoms with Crippen molar-refractivity contribution in [2.45, 2.75) is 6.92 Å². The van der Waals surface area contributed by atoms with E-state index in [2.05, 4.69) is 5.32 Å². The average Bonchev–Trinajstić information content (AvgIpc) is 3.06. The molecule has 1 N–H and O–H groups in total. The van der Waals surface area contributed by atoms with Crippen LogP contribution in [-0.2, 0) is 4.79 Å². The molecule has 2 aromatic rings. The second-order valence-electron chi connectivity index (χ2n) is 5.40. The molecule has 0 saturated carbocycles. The molecule has 0 atom stereocenters. The minimum atomic E-state index is -0.167. The lowest BCUT2D eigenvalue weighted by molar-refractivity contribution is -0.116. The van der Waals surface area contributed by atoms with Gasteiger partial charge in [0.05, 0.1) is 6.54 Å². The first-order valence-electron chi connectivity index (χ1n) is 7.76. The molecular formula is C19H19NO4. The largest absolute Gasteiger partial charge is 0.492 e. The molecule has 5 heteroatoms. The summed E-state index contributed by atoms with van der Waals surface area (Å²) in [5, 5.41) is 2.78. The van der Waals surface area contributed by atoms with Gasteiger partial charge in [-0.25, -0.2) is 0 Å². The average molecular weight is 325 g/mol. The monoisotopic (exact) mass is 325 g/mol. The van der Waals surface area contributed by atoms with E-state index in [1.807, 2.05) is 49.4 Å². The molecule has 0 bridgehead atoms. The van der Waals surface area contributed by atoms with Gasteiger partial charge in [-0.1, -0.05) is 23.8 Å². The maximum atomic E-state index is 11.8. The number of carbonyl (C=O) groups is 1. The van der Waals surface area contributed by atoms with Gasteiger partial charge < -0.3 is 19.5 Å². The molecule has 1 amide bonds. The van der Waals surface area contributed by atoms with Gasteiger partial charge >= 0.3 is 0 Å². The van der Waals surface area contributed by atoms with Crippen LogP contribution in [0.15, 0.2) is 48.5 Å². The summed E-state index contributed by atoms with van der Waals surface area (Å²) in [6.45, 7) is 3.13. The van der Waals surface area contributed by atoms with E-state index >= 15 is 0 Å². The molecule has 2 aromatic carbocycles. The third kappa shape index (κ3) is 4.29. The molecule has 0 saturated heterocycles. The number of aryl methyl sites for hydroxylation is 1. The molecule has 0 unspecified atom stereocenters. The van der Waals surface area contributed by atoms with Crippen molar-refractivity contribution in [2.24, 2.45) is 0 Å². The number of benzene rings is 2. The summed E-state index contributed by atoms with van der Waals surface area (Å²) in [4.78, 5) is 11.8. The van der Waals surface area contributed by atoms with E-state index in [1.54, 1.807) is 6.08 Å². The van der Waals surface area contributed by atoms with Crippen molar-refractivity contribution >= 4 is 12.0 Å². The second-order valence-corrected chi connectivity index (χ2v) is 5.40. The maximum Gasteiger partial charge on any atom is 0.244 e.